The molecule has 1 aliphatic heterocycles. The summed E-state index contributed by atoms with van der Waals surface area (Å²) < 4.78 is 0. The van der Waals surface area contributed by atoms with E-state index in [1.54, 1.807) is 14.1 Å². The summed E-state index contributed by atoms with van der Waals surface area (Å²) in [5, 5.41) is 7.91. The summed E-state index contributed by atoms with van der Waals surface area (Å²) in [7, 11) is 3.20. The summed E-state index contributed by atoms with van der Waals surface area (Å²) in [6.07, 6.45) is 0.467. The lowest BCUT2D eigenvalue weighted by Gasteiger charge is -2.36. The van der Waals surface area contributed by atoms with Crippen LogP contribution in [-0.4, -0.2) is 43.3 Å². The first kappa shape index (κ1) is 10.6. The number of rotatable bonds is 1. The zero-order valence-corrected chi connectivity index (χ0v) is 8.63. The summed E-state index contributed by atoms with van der Waals surface area (Å²) >= 11 is 0. The fourth-order valence-corrected chi connectivity index (χ4v) is 1.39. The normalized spacial score (nSPS) is 26.8. The van der Waals surface area contributed by atoms with Gasteiger partial charge in [0.2, 0.25) is 0 Å². The van der Waals surface area contributed by atoms with Gasteiger partial charge in [-0.25, -0.2) is 9.59 Å². The van der Waals surface area contributed by atoms with Gasteiger partial charge in [-0.3, -0.25) is 0 Å². The minimum absolute atomic E-state index is 0.0841. The molecule has 2 atom stereocenters. The van der Waals surface area contributed by atoms with Crippen LogP contribution in [0.5, 0.6) is 0 Å². The zero-order chi connectivity index (χ0) is 10.7. The van der Waals surface area contributed by atoms with Gasteiger partial charge in [0, 0.05) is 26.6 Å². The highest BCUT2D eigenvalue weighted by molar-refractivity contribution is 5.78. The molecule has 0 aromatic rings. The van der Waals surface area contributed by atoms with Gasteiger partial charge in [0.05, 0.1) is 0 Å². The first-order valence-electron chi connectivity index (χ1n) is 4.56. The molecule has 0 aromatic heterocycles. The minimum Gasteiger partial charge on any atom is -0.341 e. The van der Waals surface area contributed by atoms with E-state index in [1.807, 2.05) is 6.92 Å². The summed E-state index contributed by atoms with van der Waals surface area (Å²) in [6.45, 7) is 1.91. The molecule has 0 saturated carbocycles. The standard InChI is InChI=1S/C8H16N4O2/c1-5-4-6(11-7(13)9-2)12(3)8(14)10-5/h5-6H,4H2,1-3H3,(H,10,14)(H2,9,11,13)/t5-,6-/m1/s1. The second-order valence-electron chi connectivity index (χ2n) is 3.44. The molecule has 1 fully saturated rings. The predicted molar refractivity (Wildman–Crippen MR) is 51.8 cm³/mol. The van der Waals surface area contributed by atoms with Gasteiger partial charge in [-0.2, -0.15) is 0 Å². The van der Waals surface area contributed by atoms with Crippen molar-refractivity contribution in [2.45, 2.75) is 25.6 Å². The van der Waals surface area contributed by atoms with Gasteiger partial charge in [-0.1, -0.05) is 0 Å². The van der Waals surface area contributed by atoms with Crippen molar-refractivity contribution < 1.29 is 9.59 Å². The Morgan fingerprint density at radius 2 is 2.29 bits per heavy atom. The summed E-state index contributed by atoms with van der Waals surface area (Å²) in [5.41, 5.74) is 0. The Morgan fingerprint density at radius 1 is 1.64 bits per heavy atom. The molecule has 1 heterocycles. The number of amides is 4. The van der Waals surface area contributed by atoms with Gasteiger partial charge in [0.25, 0.3) is 0 Å². The molecule has 1 saturated heterocycles. The van der Waals surface area contributed by atoms with Crippen molar-refractivity contribution in [3.05, 3.63) is 0 Å². The molecule has 6 nitrogen and oxygen atoms in total. The molecule has 6 heteroatoms. The minimum atomic E-state index is -0.274. The number of nitrogens with one attached hydrogen (secondary N) is 3. The maximum atomic E-state index is 11.3. The van der Waals surface area contributed by atoms with Crippen LogP contribution in [-0.2, 0) is 0 Å². The maximum Gasteiger partial charge on any atom is 0.318 e. The molecule has 1 aliphatic rings. The van der Waals surface area contributed by atoms with Crippen molar-refractivity contribution in [3.63, 3.8) is 0 Å². The van der Waals surface area contributed by atoms with Gasteiger partial charge in [-0.15, -0.1) is 0 Å². The second-order valence-corrected chi connectivity index (χ2v) is 3.44. The topological polar surface area (TPSA) is 73.5 Å². The van der Waals surface area contributed by atoms with Crippen LogP contribution in [0.3, 0.4) is 0 Å². The van der Waals surface area contributed by atoms with Crippen molar-refractivity contribution in [2.75, 3.05) is 14.1 Å². The number of carbonyl (C=O) groups is 2. The molecule has 0 radical (unpaired) electrons. The highest BCUT2D eigenvalue weighted by atomic mass is 16.2. The first-order valence-corrected chi connectivity index (χ1v) is 4.56. The third kappa shape index (κ3) is 2.27. The Morgan fingerprint density at radius 3 is 2.86 bits per heavy atom. The van der Waals surface area contributed by atoms with Crippen LogP contribution >= 0.6 is 0 Å². The van der Waals surface area contributed by atoms with Gasteiger partial charge in [0.15, 0.2) is 0 Å². The Hall–Kier alpha value is -1.46. The van der Waals surface area contributed by atoms with Crippen molar-refractivity contribution in [1.82, 2.24) is 20.9 Å². The SMILES string of the molecule is CNC(=O)N[C@H]1C[C@@H](C)NC(=O)N1C. The molecule has 1 rings (SSSR count). The summed E-state index contributed by atoms with van der Waals surface area (Å²) in [6, 6.07) is -0.352. The average molecular weight is 200 g/mol. The monoisotopic (exact) mass is 200 g/mol. The highest BCUT2D eigenvalue weighted by Crippen LogP contribution is 2.09. The molecule has 0 unspecified atom stereocenters. The Balaban J connectivity index is 2.57. The Labute approximate surface area is 83.0 Å². The van der Waals surface area contributed by atoms with E-state index in [1.165, 1.54) is 4.90 Å². The maximum absolute atomic E-state index is 11.3. The number of carbonyl (C=O) groups excluding carboxylic acids is 2. The van der Waals surface area contributed by atoms with Crippen LogP contribution in [0, 0.1) is 0 Å². The molecule has 0 bridgehead atoms. The summed E-state index contributed by atoms with van der Waals surface area (Å²) in [4.78, 5) is 23.9. The van der Waals surface area contributed by atoms with E-state index in [9.17, 15) is 9.59 Å². The lowest BCUT2D eigenvalue weighted by Crippen LogP contribution is -2.60. The molecule has 0 aliphatic carbocycles. The molecule has 14 heavy (non-hydrogen) atoms. The van der Waals surface area contributed by atoms with E-state index in [0.717, 1.165) is 0 Å². The molecule has 0 spiro atoms. The third-order valence-electron chi connectivity index (χ3n) is 2.26. The van der Waals surface area contributed by atoms with Crippen molar-refractivity contribution in [2.24, 2.45) is 0 Å². The van der Waals surface area contributed by atoms with E-state index in [-0.39, 0.29) is 24.3 Å². The zero-order valence-electron chi connectivity index (χ0n) is 8.63. The van der Waals surface area contributed by atoms with Crippen molar-refractivity contribution >= 4 is 12.1 Å². The van der Waals surface area contributed by atoms with E-state index >= 15 is 0 Å². The number of urea groups is 2. The predicted octanol–water partition coefficient (Wildman–Crippen LogP) is -0.325. The third-order valence-corrected chi connectivity index (χ3v) is 2.26. The number of hydrogen-bond acceptors (Lipinski definition) is 2. The summed E-state index contributed by atoms with van der Waals surface area (Å²) in [5.74, 6) is 0. The fourth-order valence-electron chi connectivity index (χ4n) is 1.39. The first-order chi connectivity index (χ1) is 6.54. The van der Waals surface area contributed by atoms with E-state index in [4.69, 9.17) is 0 Å². The van der Waals surface area contributed by atoms with Gasteiger partial charge in [-0.05, 0) is 6.92 Å². The average Bonchev–Trinajstić information content (AvgIpc) is 2.13. The molecular weight excluding hydrogens is 184 g/mol. The molecular formula is C8H16N4O2. The Kier molecular flexibility index (Phi) is 3.16. The van der Waals surface area contributed by atoms with Crippen LogP contribution < -0.4 is 16.0 Å². The van der Waals surface area contributed by atoms with E-state index in [2.05, 4.69) is 16.0 Å². The molecule has 3 N–H and O–H groups in total. The largest absolute Gasteiger partial charge is 0.341 e. The van der Waals surface area contributed by atoms with Crippen LogP contribution in [0.4, 0.5) is 9.59 Å². The van der Waals surface area contributed by atoms with Crippen LogP contribution in [0.2, 0.25) is 0 Å². The number of nitrogens with zero attached hydrogens (tertiary/aromatic N) is 1. The molecule has 0 aromatic carbocycles. The smallest absolute Gasteiger partial charge is 0.318 e. The second kappa shape index (κ2) is 4.17. The fraction of sp³-hybridized carbons (Fsp3) is 0.750. The van der Waals surface area contributed by atoms with Gasteiger partial charge in [0.1, 0.15) is 6.17 Å². The van der Waals surface area contributed by atoms with Gasteiger partial charge >= 0.3 is 12.1 Å². The van der Waals surface area contributed by atoms with Crippen molar-refractivity contribution in [3.8, 4) is 0 Å². The van der Waals surface area contributed by atoms with Crippen LogP contribution in [0.1, 0.15) is 13.3 Å². The van der Waals surface area contributed by atoms with Crippen LogP contribution in [0.15, 0.2) is 0 Å². The lowest BCUT2D eigenvalue weighted by atomic mass is 10.1. The van der Waals surface area contributed by atoms with Gasteiger partial charge < -0.3 is 20.9 Å². The lowest BCUT2D eigenvalue weighted by molar-refractivity contribution is 0.145. The molecule has 4 amide bonds. The quantitative estimate of drug-likeness (QED) is 0.542. The van der Waals surface area contributed by atoms with Crippen molar-refractivity contribution in [1.29, 1.82) is 0 Å². The van der Waals surface area contributed by atoms with E-state index in [0.29, 0.717) is 6.42 Å². The highest BCUT2D eigenvalue weighted by Gasteiger charge is 2.29. The van der Waals surface area contributed by atoms with E-state index < -0.39 is 0 Å². The Bertz CT molecular complexity index is 243. The molecule has 80 valence electrons. The number of hydrogen-bond donors (Lipinski definition) is 3. The van der Waals surface area contributed by atoms with Crippen LogP contribution in [0.25, 0.3) is 0 Å².